The molecule has 0 heterocycles. The van der Waals surface area contributed by atoms with Crippen LogP contribution in [0.25, 0.3) is 10.4 Å². The van der Waals surface area contributed by atoms with Gasteiger partial charge in [-0.05, 0) is 11.1 Å². The standard InChI is InChI=1S/C16H24N4O5/c17-20-19-7-9-23-11-13-24-12-10-22-8-6-18-16(21)25-14-15-4-2-1-3-5-15/h1-5H,6-14H2,(H,18,21). The summed E-state index contributed by atoms with van der Waals surface area (Å²) in [6.45, 7) is 3.46. The zero-order valence-electron chi connectivity index (χ0n) is 14.1. The number of carbonyl (C=O) groups is 1. The van der Waals surface area contributed by atoms with Crippen molar-refractivity contribution in [2.24, 2.45) is 5.11 Å². The Kier molecular flexibility index (Phi) is 12.6. The molecule has 1 N–H and O–H groups in total. The molecule has 0 radical (unpaired) electrons. The fourth-order valence-electron chi connectivity index (χ4n) is 1.69. The van der Waals surface area contributed by atoms with Gasteiger partial charge in [-0.3, -0.25) is 0 Å². The lowest BCUT2D eigenvalue weighted by Gasteiger charge is -2.08. The summed E-state index contributed by atoms with van der Waals surface area (Å²) in [7, 11) is 0. The molecule has 1 rings (SSSR count). The van der Waals surface area contributed by atoms with Crippen molar-refractivity contribution in [2.45, 2.75) is 6.61 Å². The minimum Gasteiger partial charge on any atom is -0.445 e. The first-order chi connectivity index (χ1) is 12.3. The molecule has 0 aliphatic carbocycles. The van der Waals surface area contributed by atoms with Gasteiger partial charge in [0.2, 0.25) is 0 Å². The van der Waals surface area contributed by atoms with Gasteiger partial charge < -0.3 is 24.3 Å². The Morgan fingerprint density at radius 3 is 2.32 bits per heavy atom. The number of alkyl carbamates (subject to hydrolysis) is 1. The first kappa shape index (κ1) is 20.7. The third-order valence-electron chi connectivity index (χ3n) is 2.87. The number of hydrogen-bond acceptors (Lipinski definition) is 6. The lowest BCUT2D eigenvalue weighted by Crippen LogP contribution is -2.28. The minimum atomic E-state index is -0.471. The van der Waals surface area contributed by atoms with Crippen LogP contribution in [0.2, 0.25) is 0 Å². The maximum atomic E-state index is 11.5. The van der Waals surface area contributed by atoms with Crippen LogP contribution >= 0.6 is 0 Å². The van der Waals surface area contributed by atoms with E-state index in [-0.39, 0.29) is 6.61 Å². The molecule has 0 spiro atoms. The van der Waals surface area contributed by atoms with E-state index in [2.05, 4.69) is 15.3 Å². The third kappa shape index (κ3) is 12.7. The topological polar surface area (TPSA) is 115 Å². The van der Waals surface area contributed by atoms with E-state index in [4.69, 9.17) is 24.5 Å². The van der Waals surface area contributed by atoms with Crippen LogP contribution in [0.5, 0.6) is 0 Å². The molecule has 1 amide bonds. The monoisotopic (exact) mass is 352 g/mol. The van der Waals surface area contributed by atoms with Crippen molar-refractivity contribution >= 4 is 6.09 Å². The van der Waals surface area contributed by atoms with E-state index in [9.17, 15) is 4.79 Å². The van der Waals surface area contributed by atoms with Gasteiger partial charge in [0.15, 0.2) is 0 Å². The summed E-state index contributed by atoms with van der Waals surface area (Å²) in [6, 6.07) is 9.47. The summed E-state index contributed by atoms with van der Waals surface area (Å²) in [5.74, 6) is 0. The highest BCUT2D eigenvalue weighted by molar-refractivity contribution is 5.67. The van der Waals surface area contributed by atoms with Crippen molar-refractivity contribution in [2.75, 3.05) is 52.7 Å². The summed E-state index contributed by atoms with van der Waals surface area (Å²) < 4.78 is 20.8. The van der Waals surface area contributed by atoms with Gasteiger partial charge >= 0.3 is 6.09 Å². The number of ether oxygens (including phenoxy) is 4. The number of carbonyl (C=O) groups excluding carboxylic acids is 1. The van der Waals surface area contributed by atoms with Crippen LogP contribution in [0.15, 0.2) is 35.4 Å². The predicted molar refractivity (Wildman–Crippen MR) is 91.1 cm³/mol. The van der Waals surface area contributed by atoms with E-state index in [1.54, 1.807) is 0 Å². The van der Waals surface area contributed by atoms with Crippen LogP contribution in [-0.2, 0) is 25.6 Å². The number of hydrogen-bond donors (Lipinski definition) is 1. The largest absolute Gasteiger partial charge is 0.445 e. The molecule has 0 atom stereocenters. The van der Waals surface area contributed by atoms with E-state index in [1.165, 1.54) is 0 Å². The van der Waals surface area contributed by atoms with Crippen LogP contribution in [-0.4, -0.2) is 58.8 Å². The average molecular weight is 352 g/mol. The molecule has 0 bridgehead atoms. The second-order valence-corrected chi connectivity index (χ2v) is 4.78. The van der Waals surface area contributed by atoms with Gasteiger partial charge in [-0.2, -0.15) is 0 Å². The molecule has 0 aliphatic rings. The Labute approximate surface area is 146 Å². The lowest BCUT2D eigenvalue weighted by atomic mass is 10.2. The maximum Gasteiger partial charge on any atom is 0.407 e. The molecule has 0 unspecified atom stereocenters. The van der Waals surface area contributed by atoms with Gasteiger partial charge in [0.25, 0.3) is 0 Å². The molecule has 0 aromatic heterocycles. The summed E-state index contributed by atoms with van der Waals surface area (Å²) >= 11 is 0. The molecule has 9 heteroatoms. The third-order valence-corrected chi connectivity index (χ3v) is 2.87. The van der Waals surface area contributed by atoms with Crippen molar-refractivity contribution in [1.82, 2.24) is 5.32 Å². The minimum absolute atomic E-state index is 0.242. The van der Waals surface area contributed by atoms with Crippen molar-refractivity contribution in [3.8, 4) is 0 Å². The quantitative estimate of drug-likeness (QED) is 0.239. The van der Waals surface area contributed by atoms with E-state index < -0.39 is 6.09 Å². The molecule has 0 saturated carbocycles. The predicted octanol–water partition coefficient (Wildman–Crippen LogP) is 2.27. The van der Waals surface area contributed by atoms with E-state index in [1.807, 2.05) is 30.3 Å². The number of nitrogens with one attached hydrogen (secondary N) is 1. The number of rotatable bonds is 14. The van der Waals surface area contributed by atoms with Gasteiger partial charge in [0, 0.05) is 18.0 Å². The fraction of sp³-hybridized carbons (Fsp3) is 0.562. The molecule has 138 valence electrons. The van der Waals surface area contributed by atoms with Gasteiger partial charge in [0.1, 0.15) is 6.61 Å². The van der Waals surface area contributed by atoms with Gasteiger partial charge in [-0.15, -0.1) is 0 Å². The first-order valence-corrected chi connectivity index (χ1v) is 8.01. The summed E-state index contributed by atoms with van der Waals surface area (Å²) in [5, 5.41) is 5.95. The van der Waals surface area contributed by atoms with Crippen LogP contribution < -0.4 is 5.32 Å². The Balaban J connectivity index is 1.82. The van der Waals surface area contributed by atoms with Gasteiger partial charge in [0.05, 0.1) is 39.6 Å². The molecule has 0 saturated heterocycles. The van der Waals surface area contributed by atoms with E-state index in [0.29, 0.717) is 52.7 Å². The van der Waals surface area contributed by atoms with Gasteiger partial charge in [-0.1, -0.05) is 35.4 Å². The molecular weight excluding hydrogens is 328 g/mol. The number of benzene rings is 1. The fourth-order valence-corrected chi connectivity index (χ4v) is 1.69. The second-order valence-electron chi connectivity index (χ2n) is 4.78. The van der Waals surface area contributed by atoms with Gasteiger partial charge in [-0.25, -0.2) is 4.79 Å². The summed E-state index contributed by atoms with van der Waals surface area (Å²) in [5.41, 5.74) is 9.00. The Morgan fingerprint density at radius 2 is 1.64 bits per heavy atom. The number of nitrogens with zero attached hydrogens (tertiary/aromatic N) is 3. The SMILES string of the molecule is [N-]=[N+]=NCCOCCOCCOCCNC(=O)OCc1ccccc1. The molecule has 1 aromatic carbocycles. The molecule has 0 aliphatic heterocycles. The first-order valence-electron chi connectivity index (χ1n) is 8.01. The average Bonchev–Trinajstić information content (AvgIpc) is 2.64. The smallest absolute Gasteiger partial charge is 0.407 e. The maximum absolute atomic E-state index is 11.5. The van der Waals surface area contributed by atoms with Crippen LogP contribution in [0.4, 0.5) is 4.79 Å². The molecule has 25 heavy (non-hydrogen) atoms. The normalized spacial score (nSPS) is 10.1. The molecule has 9 nitrogen and oxygen atoms in total. The number of azide groups is 1. The van der Waals surface area contributed by atoms with Crippen molar-refractivity contribution < 1.29 is 23.7 Å². The van der Waals surface area contributed by atoms with Crippen molar-refractivity contribution in [3.63, 3.8) is 0 Å². The molecular formula is C16H24N4O5. The van der Waals surface area contributed by atoms with Crippen LogP contribution in [0, 0.1) is 0 Å². The number of amides is 1. The Morgan fingerprint density at radius 1 is 1.00 bits per heavy atom. The highest BCUT2D eigenvalue weighted by Gasteiger charge is 2.01. The van der Waals surface area contributed by atoms with Crippen molar-refractivity contribution in [1.29, 1.82) is 0 Å². The molecule has 1 aromatic rings. The zero-order valence-corrected chi connectivity index (χ0v) is 14.1. The highest BCUT2D eigenvalue weighted by Crippen LogP contribution is 2.00. The summed E-state index contributed by atoms with van der Waals surface area (Å²) in [4.78, 5) is 14.1. The second kappa shape index (κ2) is 15.2. The highest BCUT2D eigenvalue weighted by atomic mass is 16.6. The van der Waals surface area contributed by atoms with E-state index in [0.717, 1.165) is 5.56 Å². The van der Waals surface area contributed by atoms with Crippen LogP contribution in [0.1, 0.15) is 5.56 Å². The van der Waals surface area contributed by atoms with Crippen LogP contribution in [0.3, 0.4) is 0 Å². The van der Waals surface area contributed by atoms with E-state index >= 15 is 0 Å². The summed E-state index contributed by atoms with van der Waals surface area (Å²) in [6.07, 6.45) is -0.471. The van der Waals surface area contributed by atoms with Crippen molar-refractivity contribution in [3.05, 3.63) is 46.3 Å². The molecule has 0 fully saturated rings. The Bertz CT molecular complexity index is 509. The zero-order chi connectivity index (χ0) is 18.0. The lowest BCUT2D eigenvalue weighted by molar-refractivity contribution is 0.0165. The Hall–Kier alpha value is -2.32.